The first-order chi connectivity index (χ1) is 15.8. The number of aryl methyl sites for hydroxylation is 1. The molecule has 33 heavy (non-hydrogen) atoms. The molecule has 1 aliphatic heterocycles. The second-order valence-corrected chi connectivity index (χ2v) is 8.69. The third kappa shape index (κ3) is 5.19. The van der Waals surface area contributed by atoms with E-state index in [9.17, 15) is 14.4 Å². The summed E-state index contributed by atoms with van der Waals surface area (Å²) in [5, 5.41) is 3.26. The van der Waals surface area contributed by atoms with Crippen LogP contribution in [0.3, 0.4) is 0 Å². The lowest BCUT2D eigenvalue weighted by atomic mass is 9.69. The fourth-order valence-electron chi connectivity index (χ4n) is 4.56. The van der Waals surface area contributed by atoms with Crippen molar-refractivity contribution >= 4 is 17.7 Å². The molecule has 0 radical (unpaired) electrons. The predicted octanol–water partition coefficient (Wildman–Crippen LogP) is 3.58. The normalized spacial score (nSPS) is 22.6. The molecule has 0 aromatic heterocycles. The molecule has 0 bridgehead atoms. The number of Topliss-reactive ketones (excluding diaryl/α,β-unsaturated/α-hetero) is 1. The number of nitrogens with one attached hydrogen (secondary N) is 1. The molecule has 7 heteroatoms. The van der Waals surface area contributed by atoms with E-state index in [4.69, 9.17) is 14.2 Å². The van der Waals surface area contributed by atoms with Gasteiger partial charge in [0.2, 0.25) is 0 Å². The highest BCUT2D eigenvalue weighted by Gasteiger charge is 2.47. The molecule has 3 rings (SSSR count). The van der Waals surface area contributed by atoms with E-state index in [1.165, 1.54) is 7.11 Å². The third-order valence-electron chi connectivity index (χ3n) is 6.18. The Labute approximate surface area is 195 Å². The van der Waals surface area contributed by atoms with Crippen molar-refractivity contribution < 1.29 is 28.6 Å². The van der Waals surface area contributed by atoms with Crippen LogP contribution in [0.25, 0.3) is 0 Å². The van der Waals surface area contributed by atoms with Gasteiger partial charge in [0.25, 0.3) is 0 Å². The van der Waals surface area contributed by atoms with Crippen molar-refractivity contribution in [2.24, 2.45) is 11.8 Å². The Morgan fingerprint density at radius 2 is 1.79 bits per heavy atom. The first-order valence-electron chi connectivity index (χ1n) is 11.4. The first kappa shape index (κ1) is 24.7. The number of ketones is 1. The van der Waals surface area contributed by atoms with Crippen molar-refractivity contribution in [1.82, 2.24) is 5.32 Å². The number of allylic oxidation sites excluding steroid dienone is 3. The standard InChI is InChI=1S/C26H33NO6/c1-6-11-32-12-13-33-26(30)21-17(4)27-19-14-16(3)20(25(29)31-5)24(28)23(19)22(21)18-9-7-15(2)8-10-18/h7-10,16,20,22,27H,6,11-14H2,1-5H3. The van der Waals surface area contributed by atoms with Gasteiger partial charge in [0.15, 0.2) is 5.78 Å². The molecule has 3 unspecified atom stereocenters. The van der Waals surface area contributed by atoms with Crippen LogP contribution in [0.4, 0.5) is 0 Å². The van der Waals surface area contributed by atoms with Gasteiger partial charge in [0.1, 0.15) is 12.5 Å². The van der Waals surface area contributed by atoms with Crippen molar-refractivity contribution in [1.29, 1.82) is 0 Å². The van der Waals surface area contributed by atoms with E-state index in [1.54, 1.807) is 0 Å². The van der Waals surface area contributed by atoms with Crippen molar-refractivity contribution in [3.8, 4) is 0 Å². The van der Waals surface area contributed by atoms with Gasteiger partial charge in [-0.1, -0.05) is 43.7 Å². The van der Waals surface area contributed by atoms with Crippen LogP contribution in [0.15, 0.2) is 46.8 Å². The van der Waals surface area contributed by atoms with Crippen LogP contribution in [-0.4, -0.2) is 44.7 Å². The monoisotopic (exact) mass is 455 g/mol. The van der Waals surface area contributed by atoms with Crippen molar-refractivity contribution in [2.75, 3.05) is 26.9 Å². The second-order valence-electron chi connectivity index (χ2n) is 8.69. The minimum absolute atomic E-state index is 0.123. The fourth-order valence-corrected chi connectivity index (χ4v) is 4.56. The number of carbonyl (C=O) groups is 3. The summed E-state index contributed by atoms with van der Waals surface area (Å²) in [6, 6.07) is 7.73. The molecule has 0 saturated heterocycles. The van der Waals surface area contributed by atoms with Gasteiger partial charge in [-0.25, -0.2) is 4.79 Å². The van der Waals surface area contributed by atoms with Gasteiger partial charge in [-0.3, -0.25) is 9.59 Å². The number of benzene rings is 1. The van der Waals surface area contributed by atoms with Crippen molar-refractivity contribution in [3.63, 3.8) is 0 Å². The molecule has 1 heterocycles. The molecule has 2 aliphatic rings. The highest BCUT2D eigenvalue weighted by Crippen LogP contribution is 2.45. The topological polar surface area (TPSA) is 90.9 Å². The summed E-state index contributed by atoms with van der Waals surface area (Å²) in [5.74, 6) is -3.10. The zero-order valence-corrected chi connectivity index (χ0v) is 20.0. The fraction of sp³-hybridized carbons (Fsp3) is 0.500. The maximum Gasteiger partial charge on any atom is 0.336 e. The summed E-state index contributed by atoms with van der Waals surface area (Å²) >= 11 is 0. The summed E-state index contributed by atoms with van der Waals surface area (Å²) in [7, 11) is 1.29. The summed E-state index contributed by atoms with van der Waals surface area (Å²) in [6.45, 7) is 8.70. The molecule has 1 N–H and O–H groups in total. The minimum Gasteiger partial charge on any atom is -0.468 e. The molecule has 1 aromatic rings. The SMILES string of the molecule is CCCOCCOC(=O)C1=C(C)NC2=C(C(=O)C(C(=O)OC)C(C)C2)C1c1ccc(C)cc1. The van der Waals surface area contributed by atoms with Crippen molar-refractivity contribution in [3.05, 3.63) is 57.9 Å². The molecule has 0 amide bonds. The van der Waals surface area contributed by atoms with Crippen molar-refractivity contribution in [2.45, 2.75) is 46.5 Å². The summed E-state index contributed by atoms with van der Waals surface area (Å²) < 4.78 is 15.9. The van der Waals surface area contributed by atoms with Gasteiger partial charge >= 0.3 is 11.9 Å². The zero-order valence-electron chi connectivity index (χ0n) is 20.0. The van der Waals surface area contributed by atoms with Gasteiger partial charge in [-0.05, 0) is 38.2 Å². The Morgan fingerprint density at radius 3 is 2.42 bits per heavy atom. The third-order valence-corrected chi connectivity index (χ3v) is 6.18. The average Bonchev–Trinajstić information content (AvgIpc) is 2.78. The van der Waals surface area contributed by atoms with Crippen LogP contribution in [0.5, 0.6) is 0 Å². The second kappa shape index (κ2) is 10.8. The van der Waals surface area contributed by atoms with Gasteiger partial charge in [-0.15, -0.1) is 0 Å². The summed E-state index contributed by atoms with van der Waals surface area (Å²) in [5.41, 5.74) is 4.08. The van der Waals surface area contributed by atoms with E-state index in [1.807, 2.05) is 52.0 Å². The number of hydrogen-bond donors (Lipinski definition) is 1. The van der Waals surface area contributed by atoms with E-state index < -0.39 is 23.8 Å². The first-order valence-corrected chi connectivity index (χ1v) is 11.4. The van der Waals surface area contributed by atoms with E-state index >= 15 is 0 Å². The predicted molar refractivity (Wildman–Crippen MR) is 123 cm³/mol. The maximum absolute atomic E-state index is 13.6. The highest BCUT2D eigenvalue weighted by atomic mass is 16.6. The molecule has 3 atom stereocenters. The molecule has 1 aromatic carbocycles. The number of carbonyl (C=O) groups excluding carboxylic acids is 3. The van der Waals surface area contributed by atoms with Gasteiger partial charge in [-0.2, -0.15) is 0 Å². The number of rotatable bonds is 8. The van der Waals surface area contributed by atoms with Gasteiger partial charge in [0, 0.05) is 29.5 Å². The van der Waals surface area contributed by atoms with E-state index in [-0.39, 0.29) is 18.3 Å². The Hall–Kier alpha value is -2.93. The van der Waals surface area contributed by atoms with Gasteiger partial charge < -0.3 is 19.5 Å². The lowest BCUT2D eigenvalue weighted by Gasteiger charge is -2.38. The number of hydrogen-bond acceptors (Lipinski definition) is 7. The largest absolute Gasteiger partial charge is 0.468 e. The number of methoxy groups -OCH3 is 1. The smallest absolute Gasteiger partial charge is 0.336 e. The van der Waals surface area contributed by atoms with E-state index in [0.29, 0.717) is 36.5 Å². The highest BCUT2D eigenvalue weighted by molar-refractivity contribution is 6.12. The summed E-state index contributed by atoms with van der Waals surface area (Å²) in [6.07, 6.45) is 1.39. The molecule has 1 aliphatic carbocycles. The van der Waals surface area contributed by atoms with Crippen LogP contribution >= 0.6 is 0 Å². The molecular weight excluding hydrogens is 422 g/mol. The molecule has 0 fully saturated rings. The molecule has 7 nitrogen and oxygen atoms in total. The summed E-state index contributed by atoms with van der Waals surface area (Å²) in [4.78, 5) is 39.3. The van der Waals surface area contributed by atoms with E-state index in [0.717, 1.165) is 23.2 Å². The number of esters is 2. The average molecular weight is 456 g/mol. The van der Waals surface area contributed by atoms with Gasteiger partial charge in [0.05, 0.1) is 19.3 Å². The van der Waals surface area contributed by atoms with Crippen LogP contribution in [0.1, 0.15) is 50.7 Å². The Kier molecular flexibility index (Phi) is 8.08. The zero-order chi connectivity index (χ0) is 24.1. The minimum atomic E-state index is -0.901. The Balaban J connectivity index is 2.01. The van der Waals surface area contributed by atoms with Crippen LogP contribution in [-0.2, 0) is 28.6 Å². The Morgan fingerprint density at radius 1 is 1.09 bits per heavy atom. The Bertz CT molecular complexity index is 975. The number of ether oxygens (including phenoxy) is 3. The number of dihydropyridines is 1. The maximum atomic E-state index is 13.6. The lowest BCUT2D eigenvalue weighted by molar-refractivity contribution is -0.151. The quantitative estimate of drug-likeness (QED) is 0.364. The van der Waals surface area contributed by atoms with Crippen LogP contribution in [0, 0.1) is 18.8 Å². The molecule has 178 valence electrons. The molecule has 0 saturated carbocycles. The van der Waals surface area contributed by atoms with Crippen LogP contribution in [0.2, 0.25) is 0 Å². The van der Waals surface area contributed by atoms with Crippen LogP contribution < -0.4 is 5.32 Å². The molecule has 0 spiro atoms. The molecular formula is C26H33NO6. The van der Waals surface area contributed by atoms with E-state index in [2.05, 4.69) is 5.32 Å². The lowest BCUT2D eigenvalue weighted by Crippen LogP contribution is -2.43.